The summed E-state index contributed by atoms with van der Waals surface area (Å²) in [6.07, 6.45) is 5.23. The Morgan fingerprint density at radius 1 is 1.32 bits per heavy atom. The van der Waals surface area contributed by atoms with Crippen LogP contribution in [0.2, 0.25) is 0 Å². The first kappa shape index (κ1) is 15.7. The van der Waals surface area contributed by atoms with Gasteiger partial charge in [0.05, 0.1) is 0 Å². The fourth-order valence-electron chi connectivity index (χ4n) is 3.12. The Bertz CT molecular complexity index is 527. The summed E-state index contributed by atoms with van der Waals surface area (Å²) >= 11 is 3.54. The van der Waals surface area contributed by atoms with Gasteiger partial charge in [0.1, 0.15) is 0 Å². The lowest BCUT2D eigenvalue weighted by Gasteiger charge is -2.25. The average molecular weight is 365 g/mol. The smallest absolute Gasteiger partial charge is 0.188 e. The Morgan fingerprint density at radius 2 is 2.18 bits per heavy atom. The molecule has 0 aromatic heterocycles. The first-order valence-electron chi connectivity index (χ1n) is 8.25. The molecule has 1 unspecified atom stereocenters. The van der Waals surface area contributed by atoms with E-state index in [9.17, 15) is 0 Å². The normalized spacial score (nSPS) is 22.7. The molecule has 1 saturated heterocycles. The first-order valence-corrected chi connectivity index (χ1v) is 9.04. The van der Waals surface area contributed by atoms with Crippen LogP contribution in [0.5, 0.6) is 0 Å². The van der Waals surface area contributed by atoms with Crippen LogP contribution in [-0.2, 0) is 0 Å². The molecular weight excluding hydrogens is 340 g/mol. The second-order valence-electron chi connectivity index (χ2n) is 6.48. The summed E-state index contributed by atoms with van der Waals surface area (Å²) in [7, 11) is 0. The molecule has 5 heteroatoms. The van der Waals surface area contributed by atoms with E-state index in [1.807, 2.05) is 0 Å². The molecule has 0 spiro atoms. The van der Waals surface area contributed by atoms with Gasteiger partial charge in [0.2, 0.25) is 0 Å². The van der Waals surface area contributed by atoms with Gasteiger partial charge in [-0.25, -0.2) is 0 Å². The van der Waals surface area contributed by atoms with Crippen molar-refractivity contribution in [3.8, 4) is 0 Å². The van der Waals surface area contributed by atoms with Crippen LogP contribution in [-0.4, -0.2) is 32.1 Å². The van der Waals surface area contributed by atoms with Crippen LogP contribution in [0.1, 0.15) is 25.7 Å². The van der Waals surface area contributed by atoms with Crippen molar-refractivity contribution in [1.29, 1.82) is 0 Å². The zero-order chi connectivity index (χ0) is 15.4. The molecular formula is C17H25BrN4. The summed E-state index contributed by atoms with van der Waals surface area (Å²) in [5.74, 6) is 2.03. The maximum Gasteiger partial charge on any atom is 0.188 e. The molecule has 2 fully saturated rings. The fraction of sp³-hybridized carbons (Fsp3) is 0.588. The number of hydrogen-bond acceptors (Lipinski definition) is 2. The number of anilines is 1. The quantitative estimate of drug-likeness (QED) is 0.623. The molecule has 0 amide bonds. The number of guanidine groups is 1. The van der Waals surface area contributed by atoms with Crippen LogP contribution in [0.3, 0.4) is 0 Å². The minimum absolute atomic E-state index is 0.600. The van der Waals surface area contributed by atoms with Gasteiger partial charge in [0.15, 0.2) is 5.96 Å². The van der Waals surface area contributed by atoms with Crippen molar-refractivity contribution in [2.75, 3.05) is 31.1 Å². The third-order valence-corrected chi connectivity index (χ3v) is 5.27. The third-order valence-electron chi connectivity index (χ3n) is 4.78. The fourth-order valence-corrected chi connectivity index (χ4v) is 3.51. The largest absolute Gasteiger partial charge is 0.371 e. The summed E-state index contributed by atoms with van der Waals surface area (Å²) in [6, 6.07) is 8.51. The highest BCUT2D eigenvalue weighted by atomic mass is 79.9. The van der Waals surface area contributed by atoms with E-state index in [-0.39, 0.29) is 0 Å². The van der Waals surface area contributed by atoms with Crippen LogP contribution >= 0.6 is 15.9 Å². The SMILES string of the molecule is NC(=NCC1CCN(c2cccc(Br)c2)C1)NCC1CCC1. The summed E-state index contributed by atoms with van der Waals surface area (Å²) in [5, 5.41) is 3.27. The molecule has 0 bridgehead atoms. The standard InChI is InChI=1S/C17H25BrN4/c18-15-5-2-6-16(9-15)22-8-7-14(12-22)11-21-17(19)20-10-13-3-1-4-13/h2,5-6,9,13-14H,1,3-4,7-8,10-12H2,(H3,19,20,21). The second kappa shape index (κ2) is 7.36. The van der Waals surface area contributed by atoms with Crippen molar-refractivity contribution in [2.45, 2.75) is 25.7 Å². The van der Waals surface area contributed by atoms with Gasteiger partial charge >= 0.3 is 0 Å². The number of aliphatic imine (C=N–C) groups is 1. The molecule has 1 aromatic carbocycles. The molecule has 4 nitrogen and oxygen atoms in total. The van der Waals surface area contributed by atoms with E-state index >= 15 is 0 Å². The van der Waals surface area contributed by atoms with Gasteiger partial charge in [-0.1, -0.05) is 28.4 Å². The zero-order valence-corrected chi connectivity index (χ0v) is 14.6. The molecule has 1 atom stereocenters. The number of benzene rings is 1. The molecule has 3 rings (SSSR count). The summed E-state index contributed by atoms with van der Waals surface area (Å²) < 4.78 is 1.14. The van der Waals surface area contributed by atoms with Gasteiger partial charge in [-0.15, -0.1) is 0 Å². The Morgan fingerprint density at radius 3 is 2.91 bits per heavy atom. The number of nitrogens with two attached hydrogens (primary N) is 1. The van der Waals surface area contributed by atoms with E-state index in [0.29, 0.717) is 11.9 Å². The van der Waals surface area contributed by atoms with Crippen LogP contribution in [0.4, 0.5) is 5.69 Å². The molecule has 22 heavy (non-hydrogen) atoms. The Kier molecular flexibility index (Phi) is 5.24. The Balaban J connectivity index is 1.44. The number of nitrogens with one attached hydrogen (secondary N) is 1. The van der Waals surface area contributed by atoms with Crippen molar-refractivity contribution in [2.24, 2.45) is 22.6 Å². The topological polar surface area (TPSA) is 53.6 Å². The van der Waals surface area contributed by atoms with Crippen molar-refractivity contribution in [3.05, 3.63) is 28.7 Å². The molecule has 1 heterocycles. The van der Waals surface area contributed by atoms with Gasteiger partial charge in [-0.05, 0) is 49.3 Å². The molecule has 1 aromatic rings. The van der Waals surface area contributed by atoms with Crippen molar-refractivity contribution >= 4 is 27.6 Å². The van der Waals surface area contributed by atoms with Crippen molar-refractivity contribution in [3.63, 3.8) is 0 Å². The van der Waals surface area contributed by atoms with Crippen molar-refractivity contribution in [1.82, 2.24) is 5.32 Å². The predicted octanol–water partition coefficient (Wildman–Crippen LogP) is 2.98. The van der Waals surface area contributed by atoms with Crippen LogP contribution in [0, 0.1) is 11.8 Å². The molecule has 2 aliphatic rings. The summed E-state index contributed by atoms with van der Waals surface area (Å²) in [5.41, 5.74) is 7.25. The average Bonchev–Trinajstić information content (AvgIpc) is 2.92. The number of nitrogens with zero attached hydrogens (tertiary/aromatic N) is 2. The monoisotopic (exact) mass is 364 g/mol. The van der Waals surface area contributed by atoms with E-state index in [1.165, 1.54) is 31.4 Å². The zero-order valence-electron chi connectivity index (χ0n) is 13.0. The molecule has 3 N–H and O–H groups in total. The van der Waals surface area contributed by atoms with Crippen LogP contribution in [0.25, 0.3) is 0 Å². The molecule has 1 aliphatic heterocycles. The van der Waals surface area contributed by atoms with E-state index in [1.54, 1.807) is 0 Å². The van der Waals surface area contributed by atoms with E-state index < -0.39 is 0 Å². The van der Waals surface area contributed by atoms with Gasteiger partial charge < -0.3 is 16.0 Å². The van der Waals surface area contributed by atoms with Gasteiger partial charge in [0.25, 0.3) is 0 Å². The lowest BCUT2D eigenvalue weighted by atomic mass is 9.85. The van der Waals surface area contributed by atoms with Crippen LogP contribution in [0.15, 0.2) is 33.7 Å². The van der Waals surface area contributed by atoms with E-state index in [2.05, 4.69) is 55.4 Å². The van der Waals surface area contributed by atoms with Crippen molar-refractivity contribution < 1.29 is 0 Å². The summed E-state index contributed by atoms with van der Waals surface area (Å²) in [6.45, 7) is 3.99. The lowest BCUT2D eigenvalue weighted by Crippen LogP contribution is -2.37. The minimum Gasteiger partial charge on any atom is -0.371 e. The highest BCUT2D eigenvalue weighted by Crippen LogP contribution is 2.26. The molecule has 1 saturated carbocycles. The predicted molar refractivity (Wildman–Crippen MR) is 96.3 cm³/mol. The third kappa shape index (κ3) is 4.15. The highest BCUT2D eigenvalue weighted by molar-refractivity contribution is 9.10. The molecule has 0 radical (unpaired) electrons. The first-order chi connectivity index (χ1) is 10.7. The van der Waals surface area contributed by atoms with Crippen LogP contribution < -0.4 is 16.0 Å². The Labute approximate surface area is 141 Å². The highest BCUT2D eigenvalue weighted by Gasteiger charge is 2.22. The number of halogens is 1. The van der Waals surface area contributed by atoms with Gasteiger partial charge in [-0.3, -0.25) is 4.99 Å². The molecule has 120 valence electrons. The number of hydrogen-bond donors (Lipinski definition) is 2. The maximum atomic E-state index is 5.96. The van der Waals surface area contributed by atoms with Gasteiger partial charge in [0, 0.05) is 36.3 Å². The maximum absolute atomic E-state index is 5.96. The van der Waals surface area contributed by atoms with E-state index in [4.69, 9.17) is 5.73 Å². The molecule has 1 aliphatic carbocycles. The van der Waals surface area contributed by atoms with Gasteiger partial charge in [-0.2, -0.15) is 0 Å². The second-order valence-corrected chi connectivity index (χ2v) is 7.40. The van der Waals surface area contributed by atoms with E-state index in [0.717, 1.165) is 36.6 Å². The minimum atomic E-state index is 0.600. The lowest BCUT2D eigenvalue weighted by molar-refractivity contribution is 0.315. The Hall–Kier alpha value is -1.23. The number of rotatable bonds is 5. The summed E-state index contributed by atoms with van der Waals surface area (Å²) in [4.78, 5) is 6.96.